The molecule has 5 heteroatoms. The van der Waals surface area contributed by atoms with Gasteiger partial charge in [0.1, 0.15) is 16.9 Å². The maximum atomic E-state index is 13.7. The van der Waals surface area contributed by atoms with Gasteiger partial charge in [-0.05, 0) is 18.6 Å². The number of halogens is 1. The van der Waals surface area contributed by atoms with Gasteiger partial charge in [-0.25, -0.2) is 9.37 Å². The molecular formula is C11H10FN3O. The highest BCUT2D eigenvalue weighted by molar-refractivity contribution is 6.05. The standard InChI is InChI=1S/C11H10FN3O/c12-7-2-3-8-10(14-6-13-8)9(7)11(16)15-4-1-5-15/h2-3,6H,1,4-5H2,(H,13,14). The second kappa shape index (κ2) is 3.30. The fourth-order valence-corrected chi connectivity index (χ4v) is 1.86. The number of amides is 1. The van der Waals surface area contributed by atoms with Gasteiger partial charge in [0.25, 0.3) is 5.91 Å². The molecule has 1 aromatic carbocycles. The molecule has 1 aromatic heterocycles. The Kier molecular flexibility index (Phi) is 1.92. The van der Waals surface area contributed by atoms with Crippen molar-refractivity contribution in [2.75, 3.05) is 13.1 Å². The van der Waals surface area contributed by atoms with Crippen molar-refractivity contribution in [1.29, 1.82) is 0 Å². The molecule has 0 unspecified atom stereocenters. The van der Waals surface area contributed by atoms with Crippen molar-refractivity contribution in [2.24, 2.45) is 0 Å². The number of benzene rings is 1. The first-order valence-electron chi connectivity index (χ1n) is 5.18. The van der Waals surface area contributed by atoms with Crippen LogP contribution in [0.3, 0.4) is 0 Å². The molecule has 1 aliphatic heterocycles. The van der Waals surface area contributed by atoms with E-state index in [0.717, 1.165) is 6.42 Å². The summed E-state index contributed by atoms with van der Waals surface area (Å²) in [4.78, 5) is 20.5. The molecule has 1 saturated heterocycles. The van der Waals surface area contributed by atoms with E-state index in [1.807, 2.05) is 0 Å². The van der Waals surface area contributed by atoms with E-state index in [1.54, 1.807) is 11.0 Å². The molecule has 2 aromatic rings. The number of nitrogens with zero attached hydrogens (tertiary/aromatic N) is 2. The normalized spacial score (nSPS) is 15.2. The average molecular weight is 219 g/mol. The van der Waals surface area contributed by atoms with Crippen LogP contribution in [0.1, 0.15) is 16.8 Å². The molecule has 0 bridgehead atoms. The van der Waals surface area contributed by atoms with Crippen LogP contribution < -0.4 is 0 Å². The van der Waals surface area contributed by atoms with Gasteiger partial charge in [-0.2, -0.15) is 0 Å². The van der Waals surface area contributed by atoms with Crippen molar-refractivity contribution in [3.63, 3.8) is 0 Å². The lowest BCUT2D eigenvalue weighted by Crippen LogP contribution is -2.42. The summed E-state index contributed by atoms with van der Waals surface area (Å²) in [6, 6.07) is 2.89. The van der Waals surface area contributed by atoms with Crippen LogP contribution in [-0.4, -0.2) is 33.9 Å². The molecular weight excluding hydrogens is 209 g/mol. The minimum absolute atomic E-state index is 0.0819. The van der Waals surface area contributed by atoms with E-state index >= 15 is 0 Å². The number of aromatic amines is 1. The van der Waals surface area contributed by atoms with Crippen molar-refractivity contribution in [1.82, 2.24) is 14.9 Å². The summed E-state index contributed by atoms with van der Waals surface area (Å²) in [7, 11) is 0. The molecule has 4 nitrogen and oxygen atoms in total. The summed E-state index contributed by atoms with van der Waals surface area (Å²) in [5, 5.41) is 0. The van der Waals surface area contributed by atoms with Gasteiger partial charge in [-0.3, -0.25) is 4.79 Å². The Bertz CT molecular complexity index is 559. The minimum Gasteiger partial charge on any atom is -0.345 e. The van der Waals surface area contributed by atoms with Crippen LogP contribution in [0.15, 0.2) is 18.5 Å². The number of hydrogen-bond donors (Lipinski definition) is 1. The van der Waals surface area contributed by atoms with Crippen molar-refractivity contribution in [3.05, 3.63) is 29.8 Å². The lowest BCUT2D eigenvalue weighted by Gasteiger charge is -2.31. The highest BCUT2D eigenvalue weighted by Crippen LogP contribution is 2.22. The van der Waals surface area contributed by atoms with Crippen molar-refractivity contribution >= 4 is 16.9 Å². The van der Waals surface area contributed by atoms with E-state index in [2.05, 4.69) is 9.97 Å². The van der Waals surface area contributed by atoms with Gasteiger partial charge in [-0.1, -0.05) is 0 Å². The highest BCUT2D eigenvalue weighted by Gasteiger charge is 2.26. The van der Waals surface area contributed by atoms with Crippen LogP contribution in [0.5, 0.6) is 0 Å². The second-order valence-corrected chi connectivity index (χ2v) is 3.87. The van der Waals surface area contributed by atoms with Crippen LogP contribution in [0, 0.1) is 5.82 Å². The molecule has 1 N–H and O–H groups in total. The summed E-state index contributed by atoms with van der Waals surface area (Å²) in [6.07, 6.45) is 2.46. The number of rotatable bonds is 1. The summed E-state index contributed by atoms with van der Waals surface area (Å²) in [5.41, 5.74) is 1.18. The number of carbonyl (C=O) groups is 1. The van der Waals surface area contributed by atoms with Gasteiger partial charge in [0, 0.05) is 13.1 Å². The van der Waals surface area contributed by atoms with Gasteiger partial charge < -0.3 is 9.88 Å². The number of aromatic nitrogens is 2. The maximum Gasteiger partial charge on any atom is 0.259 e. The number of imidazole rings is 1. The minimum atomic E-state index is -0.503. The number of nitrogens with one attached hydrogen (secondary N) is 1. The van der Waals surface area contributed by atoms with E-state index in [4.69, 9.17) is 0 Å². The number of hydrogen-bond acceptors (Lipinski definition) is 2. The maximum absolute atomic E-state index is 13.7. The Balaban J connectivity index is 2.16. The zero-order chi connectivity index (χ0) is 11.1. The fraction of sp³-hybridized carbons (Fsp3) is 0.273. The smallest absolute Gasteiger partial charge is 0.259 e. The van der Waals surface area contributed by atoms with Gasteiger partial charge in [0.15, 0.2) is 0 Å². The predicted molar refractivity (Wildman–Crippen MR) is 56.6 cm³/mol. The van der Waals surface area contributed by atoms with Crippen molar-refractivity contribution in [3.8, 4) is 0 Å². The lowest BCUT2D eigenvalue weighted by molar-refractivity contribution is 0.0649. The molecule has 0 saturated carbocycles. The van der Waals surface area contributed by atoms with Crippen LogP contribution in [-0.2, 0) is 0 Å². The Labute approximate surface area is 91.1 Å². The first-order valence-corrected chi connectivity index (χ1v) is 5.18. The van der Waals surface area contributed by atoms with Gasteiger partial charge in [0.2, 0.25) is 0 Å². The van der Waals surface area contributed by atoms with E-state index in [-0.39, 0.29) is 11.5 Å². The average Bonchev–Trinajstić information content (AvgIpc) is 2.62. The molecule has 16 heavy (non-hydrogen) atoms. The van der Waals surface area contributed by atoms with E-state index < -0.39 is 5.82 Å². The first kappa shape index (κ1) is 9.33. The third-order valence-electron chi connectivity index (χ3n) is 2.90. The largest absolute Gasteiger partial charge is 0.345 e. The zero-order valence-corrected chi connectivity index (χ0v) is 8.53. The number of fused-ring (bicyclic) bond motifs is 1. The molecule has 1 amide bonds. The third-order valence-corrected chi connectivity index (χ3v) is 2.90. The summed E-state index contributed by atoms with van der Waals surface area (Å²) < 4.78 is 13.7. The van der Waals surface area contributed by atoms with E-state index in [1.165, 1.54) is 12.4 Å². The topological polar surface area (TPSA) is 49.0 Å². The van der Waals surface area contributed by atoms with Crippen LogP contribution in [0.25, 0.3) is 11.0 Å². The van der Waals surface area contributed by atoms with Crippen LogP contribution >= 0.6 is 0 Å². The molecule has 0 radical (unpaired) electrons. The van der Waals surface area contributed by atoms with Gasteiger partial charge in [0.05, 0.1) is 11.8 Å². The van der Waals surface area contributed by atoms with Crippen LogP contribution in [0.4, 0.5) is 4.39 Å². The zero-order valence-electron chi connectivity index (χ0n) is 8.53. The number of carbonyl (C=O) groups excluding carboxylic acids is 1. The number of likely N-dealkylation sites (tertiary alicyclic amines) is 1. The Morgan fingerprint density at radius 2 is 2.25 bits per heavy atom. The summed E-state index contributed by atoms with van der Waals surface area (Å²) in [5.74, 6) is -0.766. The van der Waals surface area contributed by atoms with E-state index in [0.29, 0.717) is 24.1 Å². The quantitative estimate of drug-likeness (QED) is 0.791. The van der Waals surface area contributed by atoms with Crippen molar-refractivity contribution < 1.29 is 9.18 Å². The Morgan fingerprint density at radius 3 is 2.94 bits per heavy atom. The third kappa shape index (κ3) is 1.21. The lowest BCUT2D eigenvalue weighted by atomic mass is 10.1. The Morgan fingerprint density at radius 1 is 1.44 bits per heavy atom. The molecule has 3 rings (SSSR count). The first-order chi connectivity index (χ1) is 7.77. The molecule has 2 heterocycles. The molecule has 0 atom stereocenters. The predicted octanol–water partition coefficient (Wildman–Crippen LogP) is 1.55. The van der Waals surface area contributed by atoms with Crippen molar-refractivity contribution in [2.45, 2.75) is 6.42 Å². The molecule has 82 valence electrons. The van der Waals surface area contributed by atoms with Crippen LogP contribution in [0.2, 0.25) is 0 Å². The summed E-state index contributed by atoms with van der Waals surface area (Å²) >= 11 is 0. The Hall–Kier alpha value is -1.91. The van der Waals surface area contributed by atoms with Gasteiger partial charge >= 0.3 is 0 Å². The SMILES string of the molecule is O=C(c1c(F)ccc2[nH]cnc12)N1CCC1. The number of H-pyrrole nitrogens is 1. The summed E-state index contributed by atoms with van der Waals surface area (Å²) in [6.45, 7) is 1.41. The fourth-order valence-electron chi connectivity index (χ4n) is 1.86. The second-order valence-electron chi connectivity index (χ2n) is 3.87. The van der Waals surface area contributed by atoms with Gasteiger partial charge in [-0.15, -0.1) is 0 Å². The highest BCUT2D eigenvalue weighted by atomic mass is 19.1. The molecule has 0 spiro atoms. The monoisotopic (exact) mass is 219 g/mol. The molecule has 0 aliphatic carbocycles. The van der Waals surface area contributed by atoms with E-state index in [9.17, 15) is 9.18 Å². The molecule has 1 aliphatic rings. The molecule has 1 fully saturated rings.